The molecule has 0 saturated carbocycles. The number of epoxide rings is 1. The number of benzene rings is 1. The highest BCUT2D eigenvalue weighted by Gasteiger charge is 2.38. The van der Waals surface area contributed by atoms with Crippen molar-refractivity contribution in [3.63, 3.8) is 0 Å². The van der Waals surface area contributed by atoms with Gasteiger partial charge in [-0.2, -0.15) is 0 Å². The summed E-state index contributed by atoms with van der Waals surface area (Å²) < 4.78 is 5.62. The molecule has 1 aliphatic heterocycles. The van der Waals surface area contributed by atoms with E-state index in [2.05, 4.69) is 26.0 Å². The van der Waals surface area contributed by atoms with Gasteiger partial charge in [0.05, 0.1) is 12.2 Å². The van der Waals surface area contributed by atoms with Crippen LogP contribution in [0.2, 0.25) is 5.02 Å². The Labute approximate surface area is 103 Å². The zero-order chi connectivity index (χ0) is 11.5. The van der Waals surface area contributed by atoms with Crippen molar-refractivity contribution >= 4 is 11.6 Å². The number of ether oxygens (including phenoxy) is 1. The van der Waals surface area contributed by atoms with E-state index >= 15 is 0 Å². The summed E-state index contributed by atoms with van der Waals surface area (Å²) in [6, 6.07) is 8.17. The molecule has 0 spiro atoms. The van der Waals surface area contributed by atoms with Crippen molar-refractivity contribution in [2.24, 2.45) is 0 Å². The summed E-state index contributed by atoms with van der Waals surface area (Å²) in [4.78, 5) is 0. The van der Waals surface area contributed by atoms with Gasteiger partial charge in [-0.15, -0.1) is 0 Å². The molecule has 1 aromatic carbocycles. The van der Waals surface area contributed by atoms with Crippen LogP contribution in [-0.2, 0) is 4.74 Å². The fourth-order valence-corrected chi connectivity index (χ4v) is 2.64. The summed E-state index contributed by atoms with van der Waals surface area (Å²) in [5.74, 6) is 0.537. The van der Waals surface area contributed by atoms with Crippen LogP contribution in [0.25, 0.3) is 0 Å². The first-order valence-corrected chi connectivity index (χ1v) is 6.53. The van der Waals surface area contributed by atoms with E-state index in [0.717, 1.165) is 24.3 Å². The van der Waals surface area contributed by atoms with Crippen molar-refractivity contribution in [2.75, 3.05) is 0 Å². The highest BCUT2D eigenvalue weighted by molar-refractivity contribution is 6.31. The SMILES string of the molecule is CCC(CC1OC1CC)c1ccccc1Cl. The summed E-state index contributed by atoms with van der Waals surface area (Å²) in [6.07, 6.45) is 4.32. The molecule has 3 atom stereocenters. The Hall–Kier alpha value is -0.530. The zero-order valence-corrected chi connectivity index (χ0v) is 10.7. The van der Waals surface area contributed by atoms with E-state index in [1.807, 2.05) is 12.1 Å². The second-order valence-electron chi connectivity index (χ2n) is 4.48. The van der Waals surface area contributed by atoms with Crippen LogP contribution >= 0.6 is 11.6 Å². The van der Waals surface area contributed by atoms with Gasteiger partial charge in [0.25, 0.3) is 0 Å². The molecule has 2 rings (SSSR count). The minimum atomic E-state index is 0.464. The molecule has 16 heavy (non-hydrogen) atoms. The lowest BCUT2D eigenvalue weighted by Gasteiger charge is -2.15. The Bertz CT molecular complexity index is 350. The summed E-state index contributed by atoms with van der Waals surface area (Å²) in [5.41, 5.74) is 1.28. The third-order valence-electron chi connectivity index (χ3n) is 3.44. The third-order valence-corrected chi connectivity index (χ3v) is 3.79. The average Bonchev–Trinajstić information content (AvgIpc) is 3.05. The predicted molar refractivity (Wildman–Crippen MR) is 68.1 cm³/mol. The Morgan fingerprint density at radius 3 is 2.56 bits per heavy atom. The molecular formula is C14H19ClO. The molecule has 0 amide bonds. The van der Waals surface area contributed by atoms with Gasteiger partial charge in [-0.1, -0.05) is 43.6 Å². The molecule has 1 aromatic rings. The minimum absolute atomic E-state index is 0.464. The van der Waals surface area contributed by atoms with Gasteiger partial charge in [-0.25, -0.2) is 0 Å². The highest BCUT2D eigenvalue weighted by atomic mass is 35.5. The Kier molecular flexibility index (Phi) is 3.88. The molecule has 0 radical (unpaired) electrons. The molecule has 1 saturated heterocycles. The smallest absolute Gasteiger partial charge is 0.0847 e. The Morgan fingerprint density at radius 1 is 1.25 bits per heavy atom. The summed E-state index contributed by atoms with van der Waals surface area (Å²) in [6.45, 7) is 4.40. The molecular weight excluding hydrogens is 220 g/mol. The normalized spacial score (nSPS) is 25.4. The van der Waals surface area contributed by atoms with Crippen LogP contribution in [0.4, 0.5) is 0 Å². The summed E-state index contributed by atoms with van der Waals surface area (Å²) in [7, 11) is 0. The van der Waals surface area contributed by atoms with Gasteiger partial charge in [0.15, 0.2) is 0 Å². The standard InChI is InChI=1S/C14H19ClO/c1-3-10(9-14-13(4-2)16-14)11-7-5-6-8-12(11)15/h5-8,10,13-14H,3-4,9H2,1-2H3. The van der Waals surface area contributed by atoms with Gasteiger partial charge in [-0.05, 0) is 36.8 Å². The average molecular weight is 239 g/mol. The van der Waals surface area contributed by atoms with Crippen molar-refractivity contribution in [3.8, 4) is 0 Å². The van der Waals surface area contributed by atoms with Gasteiger partial charge in [0.2, 0.25) is 0 Å². The fourth-order valence-electron chi connectivity index (χ4n) is 2.35. The number of halogens is 1. The van der Waals surface area contributed by atoms with Crippen LogP contribution in [0.5, 0.6) is 0 Å². The Balaban J connectivity index is 2.03. The van der Waals surface area contributed by atoms with Gasteiger partial charge < -0.3 is 4.74 Å². The first kappa shape index (κ1) is 11.9. The maximum Gasteiger partial charge on any atom is 0.0847 e. The maximum absolute atomic E-state index is 6.23. The molecule has 3 unspecified atom stereocenters. The maximum atomic E-state index is 6.23. The van der Waals surface area contributed by atoms with Gasteiger partial charge in [-0.3, -0.25) is 0 Å². The molecule has 1 aliphatic rings. The molecule has 2 heteroatoms. The van der Waals surface area contributed by atoms with Crippen molar-refractivity contribution in [1.82, 2.24) is 0 Å². The lowest BCUT2D eigenvalue weighted by molar-refractivity contribution is 0.349. The molecule has 0 N–H and O–H groups in total. The zero-order valence-electron chi connectivity index (χ0n) is 9.95. The van der Waals surface area contributed by atoms with Crippen molar-refractivity contribution in [2.45, 2.75) is 51.2 Å². The van der Waals surface area contributed by atoms with E-state index in [9.17, 15) is 0 Å². The summed E-state index contributed by atoms with van der Waals surface area (Å²) in [5, 5.41) is 0.892. The van der Waals surface area contributed by atoms with E-state index in [4.69, 9.17) is 16.3 Å². The molecule has 1 fully saturated rings. The van der Waals surface area contributed by atoms with Crippen LogP contribution in [0.3, 0.4) is 0 Å². The van der Waals surface area contributed by atoms with Crippen LogP contribution in [0, 0.1) is 0 Å². The first-order valence-electron chi connectivity index (χ1n) is 6.16. The topological polar surface area (TPSA) is 12.5 Å². The van der Waals surface area contributed by atoms with E-state index in [1.54, 1.807) is 0 Å². The van der Waals surface area contributed by atoms with Crippen LogP contribution < -0.4 is 0 Å². The van der Waals surface area contributed by atoms with E-state index in [0.29, 0.717) is 18.1 Å². The predicted octanol–water partition coefficient (Wildman–Crippen LogP) is 4.40. The quantitative estimate of drug-likeness (QED) is 0.693. The number of hydrogen-bond donors (Lipinski definition) is 0. The number of rotatable bonds is 5. The van der Waals surface area contributed by atoms with E-state index < -0.39 is 0 Å². The van der Waals surface area contributed by atoms with Crippen molar-refractivity contribution in [3.05, 3.63) is 34.9 Å². The largest absolute Gasteiger partial charge is 0.370 e. The van der Waals surface area contributed by atoms with Crippen LogP contribution in [-0.4, -0.2) is 12.2 Å². The van der Waals surface area contributed by atoms with E-state index in [1.165, 1.54) is 5.56 Å². The molecule has 0 bridgehead atoms. The monoisotopic (exact) mass is 238 g/mol. The minimum Gasteiger partial charge on any atom is -0.370 e. The molecule has 88 valence electrons. The fraction of sp³-hybridized carbons (Fsp3) is 0.571. The first-order chi connectivity index (χ1) is 7.76. The molecule has 0 aromatic heterocycles. The molecule has 1 heterocycles. The lowest BCUT2D eigenvalue weighted by Crippen LogP contribution is -2.04. The molecule has 0 aliphatic carbocycles. The second-order valence-corrected chi connectivity index (χ2v) is 4.89. The molecule has 1 nitrogen and oxygen atoms in total. The van der Waals surface area contributed by atoms with Gasteiger partial charge in [0.1, 0.15) is 0 Å². The van der Waals surface area contributed by atoms with Crippen molar-refractivity contribution < 1.29 is 4.74 Å². The van der Waals surface area contributed by atoms with Crippen LogP contribution in [0.15, 0.2) is 24.3 Å². The van der Waals surface area contributed by atoms with Crippen LogP contribution in [0.1, 0.15) is 44.6 Å². The van der Waals surface area contributed by atoms with Gasteiger partial charge in [0, 0.05) is 5.02 Å². The van der Waals surface area contributed by atoms with E-state index in [-0.39, 0.29) is 0 Å². The van der Waals surface area contributed by atoms with Crippen molar-refractivity contribution in [1.29, 1.82) is 0 Å². The lowest BCUT2D eigenvalue weighted by atomic mass is 9.91. The number of hydrogen-bond acceptors (Lipinski definition) is 1. The third kappa shape index (κ3) is 2.58. The highest BCUT2D eigenvalue weighted by Crippen LogP contribution is 2.37. The van der Waals surface area contributed by atoms with Gasteiger partial charge >= 0.3 is 0 Å². The summed E-state index contributed by atoms with van der Waals surface area (Å²) >= 11 is 6.23. The Morgan fingerprint density at radius 2 is 2.00 bits per heavy atom. The second kappa shape index (κ2) is 5.20.